The number of anilines is 1. The second kappa shape index (κ2) is 10.9. The molecule has 0 aliphatic carbocycles. The van der Waals surface area contributed by atoms with Gasteiger partial charge in [0, 0.05) is 31.8 Å². The lowest BCUT2D eigenvalue weighted by Gasteiger charge is -2.14. The van der Waals surface area contributed by atoms with Gasteiger partial charge in [0.15, 0.2) is 5.03 Å². The standard InChI is InChI=1S/C24H32N6O4S/c1-15(2)9-8-12-34-20-13-18(22-16(3)10-7-11-17(22)4)26-24(27-20)29-35(32,33)21-14-19(23(31)25-5)30(6)28-21/h7,10-11,13-15H,8-9,12H2,1-6H3,(H,25,31)(H,26,27,29). The first-order chi connectivity index (χ1) is 16.5. The molecule has 0 unspecified atom stereocenters. The Balaban J connectivity index is 1.98. The van der Waals surface area contributed by atoms with Crippen LogP contribution in [0.2, 0.25) is 0 Å². The molecule has 1 amide bonds. The Morgan fingerprint density at radius 2 is 1.83 bits per heavy atom. The summed E-state index contributed by atoms with van der Waals surface area (Å²) in [5.74, 6) is 0.226. The highest BCUT2D eigenvalue weighted by Gasteiger charge is 2.24. The number of hydrogen-bond donors (Lipinski definition) is 2. The van der Waals surface area contributed by atoms with Crippen LogP contribution in [-0.4, -0.2) is 47.7 Å². The maximum absolute atomic E-state index is 13.1. The van der Waals surface area contributed by atoms with Gasteiger partial charge in [0.05, 0.1) is 12.3 Å². The van der Waals surface area contributed by atoms with E-state index in [9.17, 15) is 13.2 Å². The summed E-state index contributed by atoms with van der Waals surface area (Å²) in [4.78, 5) is 20.7. The van der Waals surface area contributed by atoms with Crippen LogP contribution >= 0.6 is 0 Å². The van der Waals surface area contributed by atoms with Crippen LogP contribution in [0.15, 0.2) is 35.4 Å². The van der Waals surface area contributed by atoms with E-state index < -0.39 is 15.9 Å². The Hall–Kier alpha value is -3.47. The smallest absolute Gasteiger partial charge is 0.283 e. The lowest BCUT2D eigenvalue weighted by Crippen LogP contribution is -2.20. The maximum atomic E-state index is 13.1. The van der Waals surface area contributed by atoms with Gasteiger partial charge in [-0.25, -0.2) is 9.71 Å². The average Bonchev–Trinajstić information content (AvgIpc) is 3.18. The van der Waals surface area contributed by atoms with E-state index in [1.54, 1.807) is 6.07 Å². The maximum Gasteiger partial charge on any atom is 0.283 e. The lowest BCUT2D eigenvalue weighted by atomic mass is 10.00. The molecule has 3 rings (SSSR count). The Bertz CT molecular complexity index is 1300. The van der Waals surface area contributed by atoms with Gasteiger partial charge in [-0.1, -0.05) is 32.0 Å². The third-order valence-electron chi connectivity index (χ3n) is 5.43. The number of benzene rings is 1. The zero-order valence-corrected chi connectivity index (χ0v) is 21.7. The van der Waals surface area contributed by atoms with Gasteiger partial charge in [-0.05, 0) is 43.7 Å². The molecule has 1 aromatic carbocycles. The molecule has 0 spiro atoms. The molecule has 10 nitrogen and oxygen atoms in total. The van der Waals surface area contributed by atoms with Crippen molar-refractivity contribution in [3.05, 3.63) is 47.2 Å². The minimum Gasteiger partial charge on any atom is -0.478 e. The monoisotopic (exact) mass is 500 g/mol. The third kappa shape index (κ3) is 6.36. The van der Waals surface area contributed by atoms with Gasteiger partial charge in [0.25, 0.3) is 15.9 Å². The largest absolute Gasteiger partial charge is 0.478 e. The minimum atomic E-state index is -4.17. The predicted molar refractivity (Wildman–Crippen MR) is 134 cm³/mol. The molecule has 0 saturated carbocycles. The summed E-state index contributed by atoms with van der Waals surface area (Å²) in [5.41, 5.74) is 3.50. The number of aromatic nitrogens is 4. The number of aryl methyl sites for hydroxylation is 3. The highest BCUT2D eigenvalue weighted by molar-refractivity contribution is 7.92. The molecule has 2 aromatic heterocycles. The Morgan fingerprint density at radius 1 is 1.14 bits per heavy atom. The van der Waals surface area contributed by atoms with E-state index in [0.29, 0.717) is 18.2 Å². The number of hydrogen-bond acceptors (Lipinski definition) is 7. The van der Waals surface area contributed by atoms with Crippen LogP contribution in [0.3, 0.4) is 0 Å². The van der Waals surface area contributed by atoms with Crippen molar-refractivity contribution in [2.24, 2.45) is 13.0 Å². The SMILES string of the molecule is CNC(=O)c1cc(S(=O)(=O)Nc2nc(OCCCC(C)C)cc(-c3c(C)cccc3C)n2)nn1C. The molecule has 0 fully saturated rings. The first-order valence-corrected chi connectivity index (χ1v) is 12.9. The van der Waals surface area contributed by atoms with Gasteiger partial charge < -0.3 is 10.1 Å². The number of nitrogens with one attached hydrogen (secondary N) is 2. The molecule has 0 saturated heterocycles. The second-order valence-electron chi connectivity index (χ2n) is 8.74. The van der Waals surface area contributed by atoms with Crippen molar-refractivity contribution >= 4 is 21.9 Å². The van der Waals surface area contributed by atoms with Crippen molar-refractivity contribution in [3.8, 4) is 17.1 Å². The van der Waals surface area contributed by atoms with E-state index in [4.69, 9.17) is 4.74 Å². The molecular formula is C24H32N6O4S. The normalized spacial score (nSPS) is 11.5. The highest BCUT2D eigenvalue weighted by Crippen LogP contribution is 2.29. The number of carbonyl (C=O) groups excluding carboxylic acids is 1. The summed E-state index contributed by atoms with van der Waals surface area (Å²) >= 11 is 0. The van der Waals surface area contributed by atoms with Crippen molar-refractivity contribution in [2.75, 3.05) is 18.4 Å². The highest BCUT2D eigenvalue weighted by atomic mass is 32.2. The quantitative estimate of drug-likeness (QED) is 0.408. The van der Waals surface area contributed by atoms with Crippen molar-refractivity contribution in [3.63, 3.8) is 0 Å². The summed E-state index contributed by atoms with van der Waals surface area (Å²) in [6, 6.07) is 8.79. The van der Waals surface area contributed by atoms with Crippen LogP contribution in [-0.2, 0) is 17.1 Å². The fraction of sp³-hybridized carbons (Fsp3) is 0.417. The lowest BCUT2D eigenvalue weighted by molar-refractivity contribution is 0.0953. The molecule has 0 bridgehead atoms. The van der Waals surface area contributed by atoms with Crippen LogP contribution in [0.5, 0.6) is 5.88 Å². The van der Waals surface area contributed by atoms with Crippen molar-refractivity contribution in [1.82, 2.24) is 25.1 Å². The van der Waals surface area contributed by atoms with Gasteiger partial charge in [-0.2, -0.15) is 18.5 Å². The summed E-state index contributed by atoms with van der Waals surface area (Å²) in [6.07, 6.45) is 1.85. The zero-order chi connectivity index (χ0) is 25.8. The molecule has 0 atom stereocenters. The number of ether oxygens (including phenoxy) is 1. The Morgan fingerprint density at radius 3 is 2.46 bits per heavy atom. The minimum absolute atomic E-state index is 0.104. The Labute approximate surface area is 206 Å². The molecule has 2 heterocycles. The first-order valence-electron chi connectivity index (χ1n) is 11.4. The molecule has 11 heteroatoms. The van der Waals surface area contributed by atoms with E-state index in [2.05, 4.69) is 39.0 Å². The molecule has 35 heavy (non-hydrogen) atoms. The number of rotatable bonds is 10. The van der Waals surface area contributed by atoms with Crippen LogP contribution < -0.4 is 14.8 Å². The van der Waals surface area contributed by atoms with Crippen LogP contribution in [0.25, 0.3) is 11.3 Å². The average molecular weight is 501 g/mol. The van der Waals surface area contributed by atoms with Crippen LogP contribution in [0, 0.1) is 19.8 Å². The summed E-state index contributed by atoms with van der Waals surface area (Å²) in [7, 11) is -1.23. The van der Waals surface area contributed by atoms with Gasteiger partial charge in [-0.3, -0.25) is 9.48 Å². The van der Waals surface area contributed by atoms with Crippen molar-refractivity contribution in [1.29, 1.82) is 0 Å². The van der Waals surface area contributed by atoms with Crippen LogP contribution in [0.1, 0.15) is 48.3 Å². The molecule has 0 aliphatic heterocycles. The van der Waals surface area contributed by atoms with Crippen molar-refractivity contribution in [2.45, 2.75) is 45.6 Å². The molecule has 0 radical (unpaired) electrons. The summed E-state index contributed by atoms with van der Waals surface area (Å²) < 4.78 is 35.6. The first kappa shape index (κ1) is 26.1. The Kier molecular flexibility index (Phi) is 8.11. The number of sulfonamides is 1. The van der Waals surface area contributed by atoms with Crippen molar-refractivity contribution < 1.29 is 17.9 Å². The molecule has 0 aliphatic rings. The summed E-state index contributed by atoms with van der Waals surface area (Å²) in [5, 5.41) is 6.11. The van der Waals surface area contributed by atoms with E-state index in [0.717, 1.165) is 29.5 Å². The van der Waals surface area contributed by atoms with Gasteiger partial charge >= 0.3 is 0 Å². The fourth-order valence-corrected chi connectivity index (χ4v) is 4.58. The molecule has 3 aromatic rings. The second-order valence-corrected chi connectivity index (χ2v) is 10.4. The van der Waals surface area contributed by atoms with Crippen LogP contribution in [0.4, 0.5) is 5.95 Å². The van der Waals surface area contributed by atoms with E-state index in [1.165, 1.54) is 24.8 Å². The zero-order valence-electron chi connectivity index (χ0n) is 20.9. The van der Waals surface area contributed by atoms with E-state index >= 15 is 0 Å². The van der Waals surface area contributed by atoms with Gasteiger partial charge in [-0.15, -0.1) is 0 Å². The van der Waals surface area contributed by atoms with Gasteiger partial charge in [0.2, 0.25) is 11.8 Å². The summed E-state index contributed by atoms with van der Waals surface area (Å²) in [6.45, 7) is 8.66. The van der Waals surface area contributed by atoms with Gasteiger partial charge in [0.1, 0.15) is 5.69 Å². The fourth-order valence-electron chi connectivity index (χ4n) is 3.64. The van der Waals surface area contributed by atoms with E-state index in [-0.39, 0.29) is 22.5 Å². The topological polar surface area (TPSA) is 128 Å². The molecule has 188 valence electrons. The molecule has 2 N–H and O–H groups in total. The molecular weight excluding hydrogens is 468 g/mol. The number of amides is 1. The van der Waals surface area contributed by atoms with E-state index in [1.807, 2.05) is 32.0 Å². The predicted octanol–water partition coefficient (Wildman–Crippen LogP) is 3.47. The number of carbonyl (C=O) groups is 1. The number of nitrogens with zero attached hydrogens (tertiary/aromatic N) is 4. The third-order valence-corrected chi connectivity index (χ3v) is 6.64.